The largest absolute Gasteiger partial charge is 0.507 e. The van der Waals surface area contributed by atoms with Gasteiger partial charge in [-0.2, -0.15) is 0 Å². The number of benzene rings is 2. The molecule has 1 heterocycles. The molecule has 24 heavy (non-hydrogen) atoms. The zero-order valence-corrected chi connectivity index (χ0v) is 15.1. The van der Waals surface area contributed by atoms with Crippen molar-refractivity contribution in [2.75, 3.05) is 0 Å². The van der Waals surface area contributed by atoms with Crippen LogP contribution in [0, 0.1) is 0 Å². The Kier molecular flexibility index (Phi) is 5.02. The number of halogens is 2. The Hall–Kier alpha value is -2.11. The molecular weight excluding hydrogens is 392 g/mol. The van der Waals surface area contributed by atoms with Gasteiger partial charge in [0.15, 0.2) is 0 Å². The molecule has 6 heteroatoms. The molecule has 0 aliphatic rings. The van der Waals surface area contributed by atoms with Gasteiger partial charge in [-0.1, -0.05) is 23.7 Å². The summed E-state index contributed by atoms with van der Waals surface area (Å²) in [6.07, 6.45) is -0.188. The molecule has 0 radical (unpaired) electrons. The maximum Gasteiger partial charge on any atom is 0.234 e. The maximum absolute atomic E-state index is 9.55. The van der Waals surface area contributed by atoms with Gasteiger partial charge in [-0.25, -0.2) is 0 Å². The highest BCUT2D eigenvalue weighted by Crippen LogP contribution is 2.29. The van der Waals surface area contributed by atoms with Crippen molar-refractivity contribution in [1.29, 1.82) is 0 Å². The summed E-state index contributed by atoms with van der Waals surface area (Å²) >= 11 is 9.29. The first-order valence-corrected chi connectivity index (χ1v) is 8.45. The van der Waals surface area contributed by atoms with Crippen molar-refractivity contribution >= 4 is 27.5 Å². The van der Waals surface area contributed by atoms with Crippen molar-refractivity contribution < 1.29 is 9.84 Å². The van der Waals surface area contributed by atoms with Crippen LogP contribution < -0.4 is 4.74 Å². The number of hydrogen-bond donors (Lipinski definition) is 1. The molecule has 0 spiro atoms. The number of hydrogen-bond acceptors (Lipinski definition) is 4. The lowest BCUT2D eigenvalue weighted by Gasteiger charge is -2.14. The Bertz CT molecular complexity index is 856. The lowest BCUT2D eigenvalue weighted by atomic mass is 10.1. The van der Waals surface area contributed by atoms with Crippen LogP contribution in [0.1, 0.15) is 18.6 Å². The Labute approximate surface area is 153 Å². The minimum atomic E-state index is -0.188. The lowest BCUT2D eigenvalue weighted by Crippen LogP contribution is -2.05. The van der Waals surface area contributed by atoms with Crippen LogP contribution in [0.4, 0.5) is 0 Å². The second-order valence-corrected chi connectivity index (χ2v) is 6.53. The minimum Gasteiger partial charge on any atom is -0.507 e. The topological polar surface area (TPSA) is 55.2 Å². The van der Waals surface area contributed by atoms with E-state index in [0.29, 0.717) is 21.1 Å². The first-order chi connectivity index (χ1) is 11.5. The molecule has 1 aromatic heterocycles. The quantitative estimate of drug-likeness (QED) is 0.631. The lowest BCUT2D eigenvalue weighted by molar-refractivity contribution is 0.215. The van der Waals surface area contributed by atoms with Crippen LogP contribution in [0.15, 0.2) is 59.1 Å². The number of nitrogens with zero attached hydrogens (tertiary/aromatic N) is 2. The van der Waals surface area contributed by atoms with E-state index in [1.807, 2.05) is 37.3 Å². The van der Waals surface area contributed by atoms with Crippen molar-refractivity contribution in [2.24, 2.45) is 0 Å². The third kappa shape index (κ3) is 3.86. The third-order valence-corrected chi connectivity index (χ3v) is 4.37. The summed E-state index contributed by atoms with van der Waals surface area (Å²) in [6.45, 7) is 1.93. The molecule has 0 bridgehead atoms. The van der Waals surface area contributed by atoms with Crippen LogP contribution in [0.5, 0.6) is 11.6 Å². The van der Waals surface area contributed by atoms with Gasteiger partial charge in [0, 0.05) is 16.7 Å². The molecule has 122 valence electrons. The molecule has 0 saturated carbocycles. The van der Waals surface area contributed by atoms with Crippen molar-refractivity contribution in [3.05, 3.63) is 69.7 Å². The predicted molar refractivity (Wildman–Crippen MR) is 97.3 cm³/mol. The summed E-state index contributed by atoms with van der Waals surface area (Å²) in [7, 11) is 0. The highest BCUT2D eigenvalue weighted by Gasteiger charge is 2.10. The van der Waals surface area contributed by atoms with E-state index in [0.717, 1.165) is 11.1 Å². The van der Waals surface area contributed by atoms with Gasteiger partial charge in [-0.15, -0.1) is 10.2 Å². The zero-order valence-electron chi connectivity index (χ0n) is 12.8. The van der Waals surface area contributed by atoms with E-state index in [-0.39, 0.29) is 11.9 Å². The Morgan fingerprint density at radius 2 is 1.92 bits per heavy atom. The number of aromatic hydroxyl groups is 1. The number of phenols is 1. The average molecular weight is 406 g/mol. The van der Waals surface area contributed by atoms with Gasteiger partial charge < -0.3 is 9.84 Å². The molecule has 3 rings (SSSR count). The fourth-order valence-corrected chi connectivity index (χ4v) is 2.79. The molecule has 0 aliphatic carbocycles. The minimum absolute atomic E-state index is 0.182. The van der Waals surface area contributed by atoms with Gasteiger partial charge in [0.05, 0.1) is 10.2 Å². The molecule has 1 N–H and O–H groups in total. The molecule has 4 nitrogen and oxygen atoms in total. The molecule has 0 saturated heterocycles. The molecule has 0 aliphatic heterocycles. The standard InChI is InChI=1S/C18H14BrClN2O2/c1-11(12-3-2-4-14(20)9-12)24-18-8-6-16(21-22-18)13-5-7-17(23)15(19)10-13/h2-11,23H,1H3. The fourth-order valence-electron chi connectivity index (χ4n) is 2.21. The summed E-state index contributed by atoms with van der Waals surface area (Å²) in [4.78, 5) is 0. The van der Waals surface area contributed by atoms with Crippen LogP contribution in [0.25, 0.3) is 11.3 Å². The Morgan fingerprint density at radius 1 is 1.08 bits per heavy atom. The summed E-state index contributed by atoms with van der Waals surface area (Å²) < 4.78 is 6.42. The summed E-state index contributed by atoms with van der Waals surface area (Å²) in [5.74, 6) is 0.617. The Balaban J connectivity index is 1.75. The van der Waals surface area contributed by atoms with Gasteiger partial charge in [0.2, 0.25) is 5.88 Å². The SMILES string of the molecule is CC(Oc1ccc(-c2ccc(O)c(Br)c2)nn1)c1cccc(Cl)c1. The van der Waals surface area contributed by atoms with Crippen molar-refractivity contribution in [3.63, 3.8) is 0 Å². The molecule has 1 unspecified atom stereocenters. The fraction of sp³-hybridized carbons (Fsp3) is 0.111. The normalized spacial score (nSPS) is 12.0. The van der Waals surface area contributed by atoms with Gasteiger partial charge in [-0.05, 0) is 64.8 Å². The van der Waals surface area contributed by atoms with E-state index in [9.17, 15) is 5.11 Å². The van der Waals surface area contributed by atoms with Crippen LogP contribution in [-0.2, 0) is 0 Å². The summed E-state index contributed by atoms with van der Waals surface area (Å²) in [6, 6.07) is 16.3. The Morgan fingerprint density at radius 3 is 2.58 bits per heavy atom. The molecular formula is C18H14BrClN2O2. The van der Waals surface area contributed by atoms with E-state index < -0.39 is 0 Å². The third-order valence-electron chi connectivity index (χ3n) is 3.50. The summed E-state index contributed by atoms with van der Waals surface area (Å²) in [5.41, 5.74) is 2.51. The van der Waals surface area contributed by atoms with Crippen LogP contribution >= 0.6 is 27.5 Å². The number of rotatable bonds is 4. The van der Waals surface area contributed by atoms with Crippen molar-refractivity contribution in [3.8, 4) is 22.9 Å². The van der Waals surface area contributed by atoms with Gasteiger partial charge in [0.25, 0.3) is 0 Å². The summed E-state index contributed by atoms with van der Waals surface area (Å²) in [5, 5.41) is 18.5. The van der Waals surface area contributed by atoms with E-state index in [1.165, 1.54) is 0 Å². The molecule has 3 aromatic rings. The molecule has 0 amide bonds. The number of aromatic nitrogens is 2. The first-order valence-electron chi connectivity index (χ1n) is 7.27. The van der Waals surface area contributed by atoms with E-state index in [1.54, 1.807) is 24.3 Å². The van der Waals surface area contributed by atoms with E-state index >= 15 is 0 Å². The van der Waals surface area contributed by atoms with Crippen molar-refractivity contribution in [2.45, 2.75) is 13.0 Å². The van der Waals surface area contributed by atoms with Crippen LogP contribution in [0.3, 0.4) is 0 Å². The highest BCUT2D eigenvalue weighted by molar-refractivity contribution is 9.10. The second kappa shape index (κ2) is 7.20. The van der Waals surface area contributed by atoms with Crippen molar-refractivity contribution in [1.82, 2.24) is 10.2 Å². The maximum atomic E-state index is 9.55. The predicted octanol–water partition coefficient (Wildman–Crippen LogP) is 5.41. The average Bonchev–Trinajstić information content (AvgIpc) is 2.58. The molecule has 2 aromatic carbocycles. The molecule has 1 atom stereocenters. The van der Waals surface area contributed by atoms with E-state index in [4.69, 9.17) is 16.3 Å². The van der Waals surface area contributed by atoms with Gasteiger partial charge >= 0.3 is 0 Å². The zero-order chi connectivity index (χ0) is 17.1. The highest BCUT2D eigenvalue weighted by atomic mass is 79.9. The van der Waals surface area contributed by atoms with Gasteiger partial charge in [0.1, 0.15) is 11.9 Å². The number of phenolic OH excluding ortho intramolecular Hbond substituents is 1. The smallest absolute Gasteiger partial charge is 0.234 e. The second-order valence-electron chi connectivity index (χ2n) is 5.24. The first kappa shape index (κ1) is 16.7. The monoisotopic (exact) mass is 404 g/mol. The van der Waals surface area contributed by atoms with Crippen LogP contribution in [0.2, 0.25) is 5.02 Å². The van der Waals surface area contributed by atoms with Gasteiger partial charge in [-0.3, -0.25) is 0 Å². The molecule has 0 fully saturated rings. The van der Waals surface area contributed by atoms with E-state index in [2.05, 4.69) is 26.1 Å². The number of ether oxygens (including phenoxy) is 1. The van der Waals surface area contributed by atoms with Crippen LogP contribution in [-0.4, -0.2) is 15.3 Å².